The van der Waals surface area contributed by atoms with Crippen molar-refractivity contribution in [2.24, 2.45) is 11.1 Å². The molecule has 1 aromatic rings. The van der Waals surface area contributed by atoms with Gasteiger partial charge in [-0.3, -0.25) is 4.79 Å². The number of hydrogen-bond acceptors (Lipinski definition) is 3. The molecule has 1 amide bonds. The highest BCUT2D eigenvalue weighted by Gasteiger charge is 2.32. The normalized spacial score (nSPS) is 20.7. The molecule has 0 aliphatic carbocycles. The second kappa shape index (κ2) is 5.98. The van der Waals surface area contributed by atoms with Crippen molar-refractivity contribution in [1.82, 2.24) is 9.21 Å². The summed E-state index contributed by atoms with van der Waals surface area (Å²) >= 11 is 0. The fourth-order valence-electron chi connectivity index (χ4n) is 3.30. The fourth-order valence-corrected chi connectivity index (χ4v) is 4.02. The van der Waals surface area contributed by atoms with Gasteiger partial charge in [0.2, 0.25) is 5.91 Å². The van der Waals surface area contributed by atoms with Crippen molar-refractivity contribution in [2.75, 3.05) is 19.6 Å². The van der Waals surface area contributed by atoms with Crippen LogP contribution in [0.15, 0.2) is 24.3 Å². The third-order valence-corrected chi connectivity index (χ3v) is 5.69. The Morgan fingerprint density at radius 1 is 1.09 bits per heavy atom. The zero-order valence-electron chi connectivity index (χ0n) is 12.4. The number of rotatable bonds is 2. The van der Waals surface area contributed by atoms with Gasteiger partial charge in [0.15, 0.2) is 0 Å². The Hall–Kier alpha value is -1.44. The summed E-state index contributed by atoms with van der Waals surface area (Å²) in [5.41, 5.74) is 2.53. The molecule has 0 unspecified atom stereocenters. The van der Waals surface area contributed by atoms with Gasteiger partial charge in [0, 0.05) is 32.1 Å². The van der Waals surface area contributed by atoms with Gasteiger partial charge in [-0.05, 0) is 30.4 Å². The largest absolute Gasteiger partial charge is 0.338 e. The number of benzene rings is 1. The molecule has 1 fully saturated rings. The SMILES string of the molecule is NS(=O)(=O)N1CCC(C(=O)N2CCc3ccccc3C2)CC1. The molecule has 0 aromatic heterocycles. The summed E-state index contributed by atoms with van der Waals surface area (Å²) in [6, 6.07) is 8.21. The van der Waals surface area contributed by atoms with Crippen molar-refractivity contribution >= 4 is 16.1 Å². The van der Waals surface area contributed by atoms with Crippen LogP contribution < -0.4 is 5.14 Å². The zero-order valence-corrected chi connectivity index (χ0v) is 13.3. The second-order valence-corrected chi connectivity index (χ2v) is 7.54. The average molecular weight is 323 g/mol. The maximum atomic E-state index is 12.6. The molecule has 2 heterocycles. The van der Waals surface area contributed by atoms with Crippen LogP contribution in [0.3, 0.4) is 0 Å². The lowest BCUT2D eigenvalue weighted by molar-refractivity contribution is -0.137. The number of nitrogens with zero attached hydrogens (tertiary/aromatic N) is 2. The van der Waals surface area contributed by atoms with Gasteiger partial charge in [-0.15, -0.1) is 0 Å². The number of carbonyl (C=O) groups is 1. The van der Waals surface area contributed by atoms with E-state index >= 15 is 0 Å². The van der Waals surface area contributed by atoms with Gasteiger partial charge in [-0.25, -0.2) is 5.14 Å². The molecule has 0 atom stereocenters. The molecule has 0 spiro atoms. The van der Waals surface area contributed by atoms with E-state index in [2.05, 4.69) is 12.1 Å². The monoisotopic (exact) mass is 323 g/mol. The molecule has 0 saturated carbocycles. The Morgan fingerprint density at radius 2 is 1.73 bits per heavy atom. The summed E-state index contributed by atoms with van der Waals surface area (Å²) in [5.74, 6) is 0.0480. The van der Waals surface area contributed by atoms with Crippen molar-refractivity contribution in [3.05, 3.63) is 35.4 Å². The number of fused-ring (bicyclic) bond motifs is 1. The first kappa shape index (κ1) is 15.5. The summed E-state index contributed by atoms with van der Waals surface area (Å²) < 4.78 is 23.9. The molecule has 2 aliphatic heterocycles. The van der Waals surface area contributed by atoms with E-state index in [1.165, 1.54) is 15.4 Å². The number of amides is 1. The third-order valence-electron chi connectivity index (χ3n) is 4.61. The molecule has 3 rings (SSSR count). The Kier molecular flexibility index (Phi) is 4.20. The van der Waals surface area contributed by atoms with Crippen LogP contribution in [0, 0.1) is 5.92 Å². The molecule has 6 nitrogen and oxygen atoms in total. The highest BCUT2D eigenvalue weighted by Crippen LogP contribution is 2.25. The first-order valence-corrected chi connectivity index (χ1v) is 9.09. The Balaban J connectivity index is 1.62. The van der Waals surface area contributed by atoms with Crippen LogP contribution in [-0.2, 0) is 28.0 Å². The summed E-state index contributed by atoms with van der Waals surface area (Å²) in [6.45, 7) is 2.06. The molecular weight excluding hydrogens is 302 g/mol. The van der Waals surface area contributed by atoms with Crippen LogP contribution in [0.5, 0.6) is 0 Å². The third kappa shape index (κ3) is 3.16. The van der Waals surface area contributed by atoms with Crippen LogP contribution in [0.25, 0.3) is 0 Å². The smallest absolute Gasteiger partial charge is 0.276 e. The number of carbonyl (C=O) groups excluding carboxylic acids is 1. The van der Waals surface area contributed by atoms with Gasteiger partial charge < -0.3 is 4.90 Å². The maximum absolute atomic E-state index is 12.6. The van der Waals surface area contributed by atoms with Gasteiger partial charge in [0.25, 0.3) is 10.2 Å². The summed E-state index contributed by atoms with van der Waals surface area (Å²) in [5, 5.41) is 5.13. The van der Waals surface area contributed by atoms with Crippen LogP contribution in [0.2, 0.25) is 0 Å². The van der Waals surface area contributed by atoms with E-state index in [9.17, 15) is 13.2 Å². The molecule has 1 aromatic carbocycles. The van der Waals surface area contributed by atoms with Crippen LogP contribution in [0.1, 0.15) is 24.0 Å². The van der Waals surface area contributed by atoms with Gasteiger partial charge in [-0.1, -0.05) is 24.3 Å². The molecule has 22 heavy (non-hydrogen) atoms. The van der Waals surface area contributed by atoms with Crippen molar-refractivity contribution in [1.29, 1.82) is 0 Å². The lowest BCUT2D eigenvalue weighted by Gasteiger charge is -2.35. The molecule has 2 N–H and O–H groups in total. The van der Waals surface area contributed by atoms with E-state index in [1.807, 2.05) is 17.0 Å². The predicted octanol–water partition coefficient (Wildman–Crippen LogP) is 0.487. The first-order valence-electron chi connectivity index (χ1n) is 7.58. The zero-order chi connectivity index (χ0) is 15.7. The summed E-state index contributed by atoms with van der Waals surface area (Å²) in [4.78, 5) is 14.5. The van der Waals surface area contributed by atoms with Gasteiger partial charge in [0.05, 0.1) is 0 Å². The Bertz CT molecular complexity index is 666. The number of piperidine rings is 1. The standard InChI is InChI=1S/C15H21N3O3S/c16-22(20,21)18-9-6-13(7-10-18)15(19)17-8-5-12-3-1-2-4-14(12)11-17/h1-4,13H,5-11H2,(H2,16,20,21). The summed E-state index contributed by atoms with van der Waals surface area (Å²) in [6.07, 6.45) is 1.98. The Morgan fingerprint density at radius 3 is 2.36 bits per heavy atom. The van der Waals surface area contributed by atoms with Crippen LogP contribution in [0.4, 0.5) is 0 Å². The van der Waals surface area contributed by atoms with Crippen molar-refractivity contribution in [2.45, 2.75) is 25.8 Å². The van der Waals surface area contributed by atoms with Gasteiger partial charge >= 0.3 is 0 Å². The molecule has 7 heteroatoms. The number of nitrogens with two attached hydrogens (primary N) is 1. The lowest BCUT2D eigenvalue weighted by atomic mass is 9.94. The molecular formula is C15H21N3O3S. The topological polar surface area (TPSA) is 83.7 Å². The highest BCUT2D eigenvalue weighted by atomic mass is 32.2. The quantitative estimate of drug-likeness (QED) is 0.859. The molecule has 1 saturated heterocycles. The van der Waals surface area contributed by atoms with E-state index in [4.69, 9.17) is 5.14 Å². The van der Waals surface area contributed by atoms with Gasteiger partial charge in [0.1, 0.15) is 0 Å². The lowest BCUT2D eigenvalue weighted by Crippen LogP contribution is -2.47. The minimum Gasteiger partial charge on any atom is -0.338 e. The molecule has 2 aliphatic rings. The van der Waals surface area contributed by atoms with E-state index in [1.54, 1.807) is 0 Å². The maximum Gasteiger partial charge on any atom is 0.276 e. The van der Waals surface area contributed by atoms with E-state index in [0.717, 1.165) is 13.0 Å². The number of hydrogen-bond donors (Lipinski definition) is 1. The van der Waals surface area contributed by atoms with Crippen LogP contribution >= 0.6 is 0 Å². The minimum atomic E-state index is -3.63. The van der Waals surface area contributed by atoms with Crippen molar-refractivity contribution in [3.8, 4) is 0 Å². The van der Waals surface area contributed by atoms with E-state index in [0.29, 0.717) is 32.5 Å². The first-order chi connectivity index (χ1) is 10.4. The minimum absolute atomic E-state index is 0.0942. The van der Waals surface area contributed by atoms with Crippen molar-refractivity contribution < 1.29 is 13.2 Å². The highest BCUT2D eigenvalue weighted by molar-refractivity contribution is 7.86. The fraction of sp³-hybridized carbons (Fsp3) is 0.533. The molecule has 0 radical (unpaired) electrons. The van der Waals surface area contributed by atoms with Gasteiger partial charge in [-0.2, -0.15) is 12.7 Å². The van der Waals surface area contributed by atoms with Crippen molar-refractivity contribution in [3.63, 3.8) is 0 Å². The van der Waals surface area contributed by atoms with Crippen LogP contribution in [-0.4, -0.2) is 43.2 Å². The van der Waals surface area contributed by atoms with E-state index in [-0.39, 0.29) is 11.8 Å². The Labute approximate surface area is 131 Å². The second-order valence-electron chi connectivity index (χ2n) is 6.00. The average Bonchev–Trinajstić information content (AvgIpc) is 2.53. The predicted molar refractivity (Wildman–Crippen MR) is 83.0 cm³/mol. The molecule has 120 valence electrons. The molecule has 0 bridgehead atoms. The summed E-state index contributed by atoms with van der Waals surface area (Å²) in [7, 11) is -3.63. The van der Waals surface area contributed by atoms with E-state index < -0.39 is 10.2 Å².